The third kappa shape index (κ3) is 4.79. The van der Waals surface area contributed by atoms with Crippen molar-refractivity contribution in [2.24, 2.45) is 0 Å². The molecule has 0 unspecified atom stereocenters. The Morgan fingerprint density at radius 3 is 2.41 bits per heavy atom. The van der Waals surface area contributed by atoms with Crippen LogP contribution in [0.2, 0.25) is 5.02 Å². The molecule has 1 aliphatic heterocycles. The molecule has 0 aliphatic carbocycles. The number of carbonyl (C=O) groups excluding carboxylic acids is 1. The van der Waals surface area contributed by atoms with Gasteiger partial charge in [-0.05, 0) is 53.9 Å². The zero-order valence-electron chi connectivity index (χ0n) is 17.4. The number of anilines is 1. The van der Waals surface area contributed by atoms with Gasteiger partial charge in [0.15, 0.2) is 0 Å². The number of amides is 1. The maximum atomic E-state index is 14.4. The Hall–Kier alpha value is -2.95. The second kappa shape index (κ2) is 9.01. The van der Waals surface area contributed by atoms with Crippen molar-refractivity contribution < 1.29 is 30.8 Å². The van der Waals surface area contributed by atoms with Crippen LogP contribution in [0.25, 0.3) is 0 Å². The molecule has 3 aromatic rings. The van der Waals surface area contributed by atoms with Gasteiger partial charge in [0.25, 0.3) is 5.91 Å². The summed E-state index contributed by atoms with van der Waals surface area (Å²) >= 11 is 5.89. The number of fused-ring (bicyclic) bond motifs is 1. The number of sulfonamides is 1. The van der Waals surface area contributed by atoms with Crippen LogP contribution in [0.5, 0.6) is 0 Å². The first kappa shape index (κ1) is 24.2. The van der Waals surface area contributed by atoms with E-state index < -0.39 is 39.1 Å². The van der Waals surface area contributed by atoms with Gasteiger partial charge in [-0.2, -0.15) is 17.5 Å². The van der Waals surface area contributed by atoms with Crippen LogP contribution in [-0.2, 0) is 29.2 Å². The van der Waals surface area contributed by atoms with Gasteiger partial charge in [-0.3, -0.25) is 4.79 Å². The Morgan fingerprint density at radius 1 is 1.00 bits per heavy atom. The second-order valence-electron chi connectivity index (χ2n) is 7.65. The number of halogens is 5. The molecule has 1 N–H and O–H groups in total. The van der Waals surface area contributed by atoms with Crippen LogP contribution < -0.4 is 5.32 Å². The van der Waals surface area contributed by atoms with Crippen LogP contribution in [0, 0.1) is 5.82 Å². The van der Waals surface area contributed by atoms with Crippen LogP contribution in [0.4, 0.5) is 23.2 Å². The molecule has 1 aliphatic rings. The first-order valence-corrected chi connectivity index (χ1v) is 11.8. The molecular weight excluding hydrogens is 496 g/mol. The maximum Gasteiger partial charge on any atom is 0.416 e. The minimum Gasteiger partial charge on any atom is -0.321 e. The molecule has 0 saturated heterocycles. The van der Waals surface area contributed by atoms with Crippen molar-refractivity contribution in [3.05, 3.63) is 93.8 Å². The van der Waals surface area contributed by atoms with Crippen LogP contribution in [0.1, 0.15) is 27.0 Å². The molecule has 0 spiro atoms. The van der Waals surface area contributed by atoms with E-state index in [0.717, 1.165) is 41.5 Å². The van der Waals surface area contributed by atoms with Gasteiger partial charge in [-0.15, -0.1) is 0 Å². The highest BCUT2D eigenvalue weighted by molar-refractivity contribution is 7.89. The van der Waals surface area contributed by atoms with Gasteiger partial charge in [0.05, 0.1) is 26.7 Å². The number of nitrogens with zero attached hydrogens (tertiary/aromatic N) is 1. The molecule has 0 saturated carbocycles. The van der Waals surface area contributed by atoms with Crippen molar-refractivity contribution in [1.29, 1.82) is 0 Å². The minimum atomic E-state index is -4.68. The second-order valence-corrected chi connectivity index (χ2v) is 9.99. The third-order valence-electron chi connectivity index (χ3n) is 5.46. The Balaban J connectivity index is 1.62. The summed E-state index contributed by atoms with van der Waals surface area (Å²) in [5.74, 6) is -2.18. The number of hydrogen-bond acceptors (Lipinski definition) is 3. The molecule has 1 amide bonds. The van der Waals surface area contributed by atoms with Crippen molar-refractivity contribution >= 4 is 33.2 Å². The quantitative estimate of drug-likeness (QED) is 0.470. The van der Waals surface area contributed by atoms with Gasteiger partial charge in [-0.25, -0.2) is 12.8 Å². The summed E-state index contributed by atoms with van der Waals surface area (Å²) in [6.07, 6.45) is -4.19. The number of nitrogens with one attached hydrogen (secondary N) is 1. The molecule has 0 fully saturated rings. The lowest BCUT2D eigenvalue weighted by atomic mass is 10.0. The van der Waals surface area contributed by atoms with Gasteiger partial charge < -0.3 is 5.32 Å². The molecule has 5 nitrogen and oxygen atoms in total. The predicted octanol–water partition coefficient (Wildman–Crippen LogP) is 5.50. The lowest BCUT2D eigenvalue weighted by molar-refractivity contribution is -0.137. The van der Waals surface area contributed by atoms with E-state index in [1.807, 2.05) is 18.2 Å². The van der Waals surface area contributed by atoms with Crippen LogP contribution in [-0.4, -0.2) is 25.2 Å². The molecular formula is C23H17ClF4N2O3S. The topological polar surface area (TPSA) is 66.5 Å². The van der Waals surface area contributed by atoms with Gasteiger partial charge >= 0.3 is 6.18 Å². The number of hydrogen-bond donors (Lipinski definition) is 1. The van der Waals surface area contributed by atoms with Gasteiger partial charge in [0.2, 0.25) is 10.0 Å². The van der Waals surface area contributed by atoms with Crippen molar-refractivity contribution in [1.82, 2.24) is 4.31 Å². The number of rotatable bonds is 4. The summed E-state index contributed by atoms with van der Waals surface area (Å²) in [6.45, 7) is 0.329. The fourth-order valence-corrected chi connectivity index (χ4v) is 5.26. The first-order valence-electron chi connectivity index (χ1n) is 10.0. The molecule has 0 aromatic heterocycles. The molecule has 34 heavy (non-hydrogen) atoms. The van der Waals surface area contributed by atoms with Gasteiger partial charge in [0, 0.05) is 13.1 Å². The Morgan fingerprint density at radius 2 is 1.71 bits per heavy atom. The van der Waals surface area contributed by atoms with Gasteiger partial charge in [0.1, 0.15) is 5.82 Å². The third-order valence-corrected chi connectivity index (χ3v) is 7.63. The summed E-state index contributed by atoms with van der Waals surface area (Å²) in [4.78, 5) is 12.4. The van der Waals surface area contributed by atoms with Crippen molar-refractivity contribution in [3.8, 4) is 0 Å². The Kier molecular flexibility index (Phi) is 6.41. The SMILES string of the molecule is O=C(Nc1cc(C(F)(F)F)ccc1Cl)c1cc(S(=O)(=O)N2CCc3ccccc3C2)ccc1F. The molecule has 0 bridgehead atoms. The lowest BCUT2D eigenvalue weighted by Gasteiger charge is -2.28. The van der Waals surface area contributed by atoms with E-state index in [4.69, 9.17) is 11.6 Å². The molecule has 4 rings (SSSR count). The van der Waals surface area contributed by atoms with Gasteiger partial charge in [-0.1, -0.05) is 35.9 Å². The van der Waals surface area contributed by atoms with E-state index in [9.17, 15) is 30.8 Å². The maximum absolute atomic E-state index is 14.4. The molecule has 3 aromatic carbocycles. The fraction of sp³-hybridized carbons (Fsp3) is 0.174. The number of alkyl halides is 3. The van der Waals surface area contributed by atoms with E-state index in [2.05, 4.69) is 5.32 Å². The average molecular weight is 513 g/mol. The van der Waals surface area contributed by atoms with E-state index in [-0.39, 0.29) is 28.7 Å². The Bertz CT molecular complexity index is 1380. The highest BCUT2D eigenvalue weighted by Gasteiger charge is 2.32. The van der Waals surface area contributed by atoms with Crippen LogP contribution >= 0.6 is 11.6 Å². The highest BCUT2D eigenvalue weighted by Crippen LogP contribution is 2.34. The monoisotopic (exact) mass is 512 g/mol. The predicted molar refractivity (Wildman–Crippen MR) is 119 cm³/mol. The van der Waals surface area contributed by atoms with Crippen LogP contribution in [0.15, 0.2) is 65.6 Å². The average Bonchev–Trinajstić information content (AvgIpc) is 2.79. The lowest BCUT2D eigenvalue weighted by Crippen LogP contribution is -2.36. The highest BCUT2D eigenvalue weighted by atomic mass is 35.5. The summed E-state index contributed by atoms with van der Waals surface area (Å²) in [5.41, 5.74) is -0.217. The zero-order chi connectivity index (χ0) is 24.7. The van der Waals surface area contributed by atoms with E-state index >= 15 is 0 Å². The van der Waals surface area contributed by atoms with E-state index in [0.29, 0.717) is 12.5 Å². The van der Waals surface area contributed by atoms with E-state index in [1.165, 1.54) is 4.31 Å². The molecule has 178 valence electrons. The van der Waals surface area contributed by atoms with Crippen LogP contribution in [0.3, 0.4) is 0 Å². The summed E-state index contributed by atoms with van der Waals surface area (Å²) in [5, 5.41) is 1.93. The first-order chi connectivity index (χ1) is 16.0. The van der Waals surface area contributed by atoms with Crippen molar-refractivity contribution in [2.75, 3.05) is 11.9 Å². The smallest absolute Gasteiger partial charge is 0.321 e. The van der Waals surface area contributed by atoms with E-state index in [1.54, 1.807) is 6.07 Å². The summed E-state index contributed by atoms with van der Waals surface area (Å²) < 4.78 is 81.0. The summed E-state index contributed by atoms with van der Waals surface area (Å²) in [7, 11) is -4.07. The number of benzene rings is 3. The van der Waals surface area contributed by atoms with Crippen molar-refractivity contribution in [2.45, 2.75) is 24.0 Å². The van der Waals surface area contributed by atoms with Crippen molar-refractivity contribution in [3.63, 3.8) is 0 Å². The zero-order valence-corrected chi connectivity index (χ0v) is 18.9. The minimum absolute atomic E-state index is 0.122. The summed E-state index contributed by atoms with van der Waals surface area (Å²) in [6, 6.07) is 12.4. The normalized spacial score (nSPS) is 14.5. The standard InChI is InChI=1S/C23H17ClF4N2O3S/c24-19-7-5-16(23(26,27)28)11-21(19)29-22(31)18-12-17(6-8-20(18)25)34(32,33)30-10-9-14-3-1-2-4-15(14)13-30/h1-8,11-12H,9-10,13H2,(H,29,31). The molecule has 0 radical (unpaired) electrons. The number of carbonyl (C=O) groups is 1. The fourth-order valence-electron chi connectivity index (χ4n) is 3.65. The molecule has 11 heteroatoms. The Labute approximate surface area is 198 Å². The molecule has 1 heterocycles. The largest absolute Gasteiger partial charge is 0.416 e. The molecule has 0 atom stereocenters.